The van der Waals surface area contributed by atoms with Crippen molar-refractivity contribution >= 4 is 23.3 Å². The van der Waals surface area contributed by atoms with Crippen LogP contribution in [0.5, 0.6) is 0 Å². The molecule has 0 radical (unpaired) electrons. The third kappa shape index (κ3) is 4.12. The van der Waals surface area contributed by atoms with Crippen molar-refractivity contribution in [3.05, 3.63) is 47.2 Å². The Kier molecular flexibility index (Phi) is 5.21. The summed E-state index contributed by atoms with van der Waals surface area (Å²) in [6.07, 6.45) is 3.30. The molecule has 8 nitrogen and oxygen atoms in total. The number of amides is 2. The molecule has 0 bridgehead atoms. The van der Waals surface area contributed by atoms with Crippen molar-refractivity contribution in [2.45, 2.75) is 19.3 Å². The molecular weight excluding hydrogens is 356 g/mol. The number of rotatable bonds is 5. The second-order valence-corrected chi connectivity index (χ2v) is 7.28. The molecule has 2 aromatic rings. The van der Waals surface area contributed by atoms with Crippen molar-refractivity contribution in [1.29, 1.82) is 0 Å². The first kappa shape index (κ1) is 18.4. The van der Waals surface area contributed by atoms with Gasteiger partial charge in [-0.25, -0.2) is 0 Å². The summed E-state index contributed by atoms with van der Waals surface area (Å²) in [5.41, 5.74) is 8.77. The number of carbonyl (C=O) groups excluding carboxylic acids is 2. The lowest BCUT2D eigenvalue weighted by Gasteiger charge is -2.34. The number of aromatic nitrogens is 2. The van der Waals surface area contributed by atoms with Gasteiger partial charge in [-0.1, -0.05) is 0 Å². The largest absolute Gasteiger partial charge is 0.366 e. The standard InChI is InChI=1S/C20H24N6O2/c21-20(28)14-4-6-16(7-5-14)22-19(27)13-25-8-10-26(11-9-25)18-12-15-2-1-3-17(15)23-24-18/h4-7,12H,1-3,8-11,13H2,(H2,21,28)(H,22,27). The number of piperazine rings is 1. The molecule has 0 unspecified atom stereocenters. The molecule has 146 valence electrons. The smallest absolute Gasteiger partial charge is 0.248 e. The first-order chi connectivity index (χ1) is 13.6. The summed E-state index contributed by atoms with van der Waals surface area (Å²) in [7, 11) is 0. The van der Waals surface area contributed by atoms with Gasteiger partial charge in [0.15, 0.2) is 5.82 Å². The lowest BCUT2D eigenvalue weighted by Crippen LogP contribution is -2.49. The van der Waals surface area contributed by atoms with E-state index >= 15 is 0 Å². The highest BCUT2D eigenvalue weighted by Gasteiger charge is 2.22. The maximum absolute atomic E-state index is 12.3. The molecule has 2 amide bonds. The Balaban J connectivity index is 1.27. The molecule has 3 N–H and O–H groups in total. The fraction of sp³-hybridized carbons (Fsp3) is 0.400. The minimum atomic E-state index is -0.483. The van der Waals surface area contributed by atoms with Gasteiger partial charge in [-0.15, -0.1) is 5.10 Å². The number of primary amides is 1. The first-order valence-electron chi connectivity index (χ1n) is 9.61. The van der Waals surface area contributed by atoms with E-state index in [1.807, 2.05) is 0 Å². The van der Waals surface area contributed by atoms with Gasteiger partial charge in [0.25, 0.3) is 0 Å². The molecule has 1 saturated heterocycles. The van der Waals surface area contributed by atoms with E-state index in [1.54, 1.807) is 24.3 Å². The quantitative estimate of drug-likeness (QED) is 0.796. The molecule has 1 fully saturated rings. The summed E-state index contributed by atoms with van der Waals surface area (Å²) in [6, 6.07) is 8.75. The molecule has 0 atom stereocenters. The SMILES string of the molecule is NC(=O)c1ccc(NC(=O)CN2CCN(c3cc4c(nn3)CCC4)CC2)cc1. The number of aryl methyl sites for hydroxylation is 2. The molecule has 4 rings (SSSR count). The van der Waals surface area contributed by atoms with E-state index in [2.05, 4.69) is 31.4 Å². The lowest BCUT2D eigenvalue weighted by molar-refractivity contribution is -0.117. The number of hydrogen-bond acceptors (Lipinski definition) is 6. The van der Waals surface area contributed by atoms with Gasteiger partial charge < -0.3 is 16.0 Å². The highest BCUT2D eigenvalue weighted by atomic mass is 16.2. The lowest BCUT2D eigenvalue weighted by atomic mass is 10.2. The Labute approximate surface area is 163 Å². The van der Waals surface area contributed by atoms with Crippen LogP contribution in [0.15, 0.2) is 30.3 Å². The molecule has 0 saturated carbocycles. The van der Waals surface area contributed by atoms with E-state index in [4.69, 9.17) is 5.73 Å². The van der Waals surface area contributed by atoms with Crippen molar-refractivity contribution in [3.63, 3.8) is 0 Å². The summed E-state index contributed by atoms with van der Waals surface area (Å²) in [5, 5.41) is 11.6. The summed E-state index contributed by atoms with van der Waals surface area (Å²) < 4.78 is 0. The monoisotopic (exact) mass is 380 g/mol. The Bertz CT molecular complexity index is 875. The molecule has 1 aliphatic heterocycles. The third-order valence-electron chi connectivity index (χ3n) is 5.32. The fourth-order valence-electron chi connectivity index (χ4n) is 3.73. The van der Waals surface area contributed by atoms with Gasteiger partial charge in [-0.3, -0.25) is 14.5 Å². The van der Waals surface area contributed by atoms with E-state index < -0.39 is 5.91 Å². The molecule has 8 heteroatoms. The minimum Gasteiger partial charge on any atom is -0.366 e. The van der Waals surface area contributed by atoms with Crippen LogP contribution < -0.4 is 16.0 Å². The zero-order valence-corrected chi connectivity index (χ0v) is 15.7. The van der Waals surface area contributed by atoms with Crippen LogP contribution >= 0.6 is 0 Å². The van der Waals surface area contributed by atoms with Crippen LogP contribution in [0, 0.1) is 0 Å². The van der Waals surface area contributed by atoms with Gasteiger partial charge in [-0.05, 0) is 55.2 Å². The number of anilines is 2. The Morgan fingerprint density at radius 2 is 1.79 bits per heavy atom. The van der Waals surface area contributed by atoms with Crippen LogP contribution in [0.4, 0.5) is 11.5 Å². The first-order valence-corrected chi connectivity index (χ1v) is 9.61. The molecule has 1 aromatic heterocycles. The van der Waals surface area contributed by atoms with Crippen molar-refractivity contribution in [1.82, 2.24) is 15.1 Å². The average Bonchev–Trinajstić information content (AvgIpc) is 3.17. The second kappa shape index (κ2) is 7.93. The zero-order chi connectivity index (χ0) is 19.5. The zero-order valence-electron chi connectivity index (χ0n) is 15.7. The van der Waals surface area contributed by atoms with Gasteiger partial charge in [0.1, 0.15) is 0 Å². The topological polar surface area (TPSA) is 104 Å². The van der Waals surface area contributed by atoms with Gasteiger partial charge in [0, 0.05) is 37.4 Å². The predicted octanol–water partition coefficient (Wildman–Crippen LogP) is 0.825. The van der Waals surface area contributed by atoms with Gasteiger partial charge in [0.2, 0.25) is 11.8 Å². The van der Waals surface area contributed by atoms with Crippen molar-refractivity contribution in [3.8, 4) is 0 Å². The van der Waals surface area contributed by atoms with Crippen LogP contribution in [-0.4, -0.2) is 59.6 Å². The maximum atomic E-state index is 12.3. The van der Waals surface area contributed by atoms with E-state index in [0.29, 0.717) is 17.8 Å². The van der Waals surface area contributed by atoms with E-state index in [-0.39, 0.29) is 5.91 Å². The maximum Gasteiger partial charge on any atom is 0.248 e. The van der Waals surface area contributed by atoms with Crippen LogP contribution in [0.3, 0.4) is 0 Å². The Morgan fingerprint density at radius 1 is 1.04 bits per heavy atom. The van der Waals surface area contributed by atoms with E-state index in [0.717, 1.165) is 50.5 Å². The summed E-state index contributed by atoms with van der Waals surface area (Å²) in [4.78, 5) is 27.8. The van der Waals surface area contributed by atoms with E-state index in [9.17, 15) is 9.59 Å². The number of carbonyl (C=O) groups is 2. The number of benzene rings is 1. The summed E-state index contributed by atoms with van der Waals surface area (Å²) in [5.74, 6) is 0.390. The highest BCUT2D eigenvalue weighted by Crippen LogP contribution is 2.23. The average molecular weight is 380 g/mol. The van der Waals surface area contributed by atoms with Crippen LogP contribution in [0.2, 0.25) is 0 Å². The number of fused-ring (bicyclic) bond motifs is 1. The van der Waals surface area contributed by atoms with E-state index in [1.165, 1.54) is 12.0 Å². The van der Waals surface area contributed by atoms with Crippen molar-refractivity contribution < 1.29 is 9.59 Å². The molecule has 2 aliphatic rings. The number of hydrogen-bond donors (Lipinski definition) is 2. The van der Waals surface area contributed by atoms with Gasteiger partial charge in [0.05, 0.1) is 12.2 Å². The summed E-state index contributed by atoms with van der Waals surface area (Å²) in [6.45, 7) is 3.59. The summed E-state index contributed by atoms with van der Waals surface area (Å²) >= 11 is 0. The second-order valence-electron chi connectivity index (χ2n) is 7.28. The highest BCUT2D eigenvalue weighted by molar-refractivity contribution is 5.95. The number of nitrogens with one attached hydrogen (secondary N) is 1. The number of nitrogens with two attached hydrogens (primary N) is 1. The van der Waals surface area contributed by atoms with Crippen molar-refractivity contribution in [2.75, 3.05) is 42.9 Å². The Morgan fingerprint density at radius 3 is 2.50 bits per heavy atom. The van der Waals surface area contributed by atoms with Gasteiger partial charge in [-0.2, -0.15) is 5.10 Å². The van der Waals surface area contributed by atoms with Crippen molar-refractivity contribution in [2.24, 2.45) is 5.73 Å². The number of nitrogens with zero attached hydrogens (tertiary/aromatic N) is 4. The van der Waals surface area contributed by atoms with Gasteiger partial charge >= 0.3 is 0 Å². The molecule has 1 aliphatic carbocycles. The normalized spacial score (nSPS) is 16.6. The fourth-order valence-corrected chi connectivity index (χ4v) is 3.73. The minimum absolute atomic E-state index is 0.0717. The van der Waals surface area contributed by atoms with Crippen LogP contribution in [-0.2, 0) is 17.6 Å². The molecule has 0 spiro atoms. The van der Waals surface area contributed by atoms with Crippen LogP contribution in [0.25, 0.3) is 0 Å². The molecular formula is C20H24N6O2. The van der Waals surface area contributed by atoms with Crippen LogP contribution in [0.1, 0.15) is 28.0 Å². The molecule has 2 heterocycles. The predicted molar refractivity (Wildman–Crippen MR) is 106 cm³/mol. The Hall–Kier alpha value is -3.00. The molecule has 28 heavy (non-hydrogen) atoms. The molecule has 1 aromatic carbocycles. The third-order valence-corrected chi connectivity index (χ3v) is 5.32.